The normalized spacial score (nSPS) is 18.0. The second kappa shape index (κ2) is 11.6. The topological polar surface area (TPSA) is 33.7 Å². The molecule has 1 rings (SSSR count). The number of rotatable bonds is 11. The fourth-order valence-electron chi connectivity index (χ4n) is 2.44. The molecule has 4 nitrogen and oxygen atoms in total. The zero-order chi connectivity index (χ0) is 13.8. The molecule has 0 aliphatic carbocycles. The van der Waals surface area contributed by atoms with Gasteiger partial charge in [0.1, 0.15) is 0 Å². The molecule has 0 saturated carbocycles. The minimum absolute atomic E-state index is 0.813. The molecule has 1 saturated heterocycles. The number of nitrogens with one attached hydrogen (secondary N) is 1. The van der Waals surface area contributed by atoms with Crippen molar-refractivity contribution in [1.82, 2.24) is 10.2 Å². The van der Waals surface area contributed by atoms with Gasteiger partial charge in [-0.2, -0.15) is 0 Å². The molecule has 1 aliphatic rings. The molecule has 1 aliphatic heterocycles. The van der Waals surface area contributed by atoms with Crippen LogP contribution in [0.1, 0.15) is 32.6 Å². The third-order valence-electron chi connectivity index (χ3n) is 3.82. The Balaban J connectivity index is 1.93. The summed E-state index contributed by atoms with van der Waals surface area (Å²) in [6.07, 6.45) is 5.04. The molecular formula is C15H32N2O2. The lowest BCUT2D eigenvalue weighted by molar-refractivity contribution is 0.0864. The Bertz CT molecular complexity index is 195. The van der Waals surface area contributed by atoms with E-state index in [0.29, 0.717) is 0 Å². The van der Waals surface area contributed by atoms with Gasteiger partial charge < -0.3 is 19.7 Å². The summed E-state index contributed by atoms with van der Waals surface area (Å²) < 4.78 is 10.7. The van der Waals surface area contributed by atoms with Gasteiger partial charge in [0, 0.05) is 26.8 Å². The van der Waals surface area contributed by atoms with Crippen LogP contribution in [0, 0.1) is 5.92 Å². The quantitative estimate of drug-likeness (QED) is 0.581. The fraction of sp³-hybridized carbons (Fsp3) is 1.00. The zero-order valence-electron chi connectivity index (χ0n) is 12.8. The Kier molecular flexibility index (Phi) is 10.4. The van der Waals surface area contributed by atoms with Gasteiger partial charge in [-0.3, -0.25) is 0 Å². The van der Waals surface area contributed by atoms with Crippen LogP contribution in [-0.4, -0.2) is 64.6 Å². The third-order valence-corrected chi connectivity index (χ3v) is 3.82. The average Bonchev–Trinajstić information content (AvgIpc) is 2.45. The number of hydrogen-bond acceptors (Lipinski definition) is 4. The zero-order valence-corrected chi connectivity index (χ0v) is 12.8. The number of hydrogen-bond donors (Lipinski definition) is 1. The molecule has 0 aromatic rings. The van der Waals surface area contributed by atoms with Crippen LogP contribution in [0.5, 0.6) is 0 Å². The molecule has 1 N–H and O–H groups in total. The number of methoxy groups -OCH3 is 1. The Morgan fingerprint density at radius 3 is 2.63 bits per heavy atom. The van der Waals surface area contributed by atoms with Crippen LogP contribution >= 0.6 is 0 Å². The molecule has 1 fully saturated rings. The molecule has 1 heterocycles. The summed E-state index contributed by atoms with van der Waals surface area (Å²) in [7, 11) is 1.75. The second-order valence-electron chi connectivity index (χ2n) is 5.45. The van der Waals surface area contributed by atoms with Crippen molar-refractivity contribution in [3.05, 3.63) is 0 Å². The minimum atomic E-state index is 0.813. The van der Waals surface area contributed by atoms with Gasteiger partial charge in [0.25, 0.3) is 0 Å². The summed E-state index contributed by atoms with van der Waals surface area (Å²) in [6, 6.07) is 0. The van der Waals surface area contributed by atoms with Gasteiger partial charge >= 0.3 is 0 Å². The number of unbranched alkanes of at least 4 members (excludes halogenated alkanes) is 1. The Labute approximate surface area is 118 Å². The SMILES string of the molecule is CCCCOCCN1CCC(CNCCOC)CC1. The van der Waals surface area contributed by atoms with Gasteiger partial charge in [0.05, 0.1) is 13.2 Å². The van der Waals surface area contributed by atoms with Gasteiger partial charge in [-0.15, -0.1) is 0 Å². The van der Waals surface area contributed by atoms with E-state index in [1.165, 1.54) is 38.8 Å². The van der Waals surface area contributed by atoms with Crippen molar-refractivity contribution in [3.8, 4) is 0 Å². The first kappa shape index (κ1) is 16.9. The molecule has 0 aromatic heterocycles. The van der Waals surface area contributed by atoms with E-state index in [1.54, 1.807) is 7.11 Å². The molecule has 114 valence electrons. The predicted molar refractivity (Wildman–Crippen MR) is 79.6 cm³/mol. The largest absolute Gasteiger partial charge is 0.383 e. The van der Waals surface area contributed by atoms with E-state index in [9.17, 15) is 0 Å². The van der Waals surface area contributed by atoms with Crippen LogP contribution in [0.15, 0.2) is 0 Å². The molecule has 0 radical (unpaired) electrons. The van der Waals surface area contributed by atoms with Crippen LogP contribution < -0.4 is 5.32 Å². The van der Waals surface area contributed by atoms with Gasteiger partial charge in [0.15, 0.2) is 0 Å². The maximum atomic E-state index is 5.63. The molecule has 0 atom stereocenters. The summed E-state index contributed by atoms with van der Waals surface area (Å²) in [4.78, 5) is 2.54. The van der Waals surface area contributed by atoms with E-state index in [-0.39, 0.29) is 0 Å². The van der Waals surface area contributed by atoms with E-state index < -0.39 is 0 Å². The van der Waals surface area contributed by atoms with E-state index in [2.05, 4.69) is 17.1 Å². The molecule has 0 amide bonds. The number of nitrogens with zero attached hydrogens (tertiary/aromatic N) is 1. The van der Waals surface area contributed by atoms with Crippen molar-refractivity contribution in [3.63, 3.8) is 0 Å². The fourth-order valence-corrected chi connectivity index (χ4v) is 2.44. The highest BCUT2D eigenvalue weighted by Crippen LogP contribution is 2.15. The third kappa shape index (κ3) is 8.58. The average molecular weight is 272 g/mol. The van der Waals surface area contributed by atoms with Crippen LogP contribution in [0.3, 0.4) is 0 Å². The van der Waals surface area contributed by atoms with Crippen LogP contribution in [-0.2, 0) is 9.47 Å². The lowest BCUT2D eigenvalue weighted by atomic mass is 9.97. The van der Waals surface area contributed by atoms with Crippen molar-refractivity contribution >= 4 is 0 Å². The summed E-state index contributed by atoms with van der Waals surface area (Å²) >= 11 is 0. The first-order chi connectivity index (χ1) is 9.36. The molecule has 4 heteroatoms. The van der Waals surface area contributed by atoms with E-state index >= 15 is 0 Å². The van der Waals surface area contributed by atoms with Crippen molar-refractivity contribution in [2.75, 3.05) is 59.7 Å². The van der Waals surface area contributed by atoms with Gasteiger partial charge in [-0.1, -0.05) is 13.3 Å². The van der Waals surface area contributed by atoms with Crippen molar-refractivity contribution < 1.29 is 9.47 Å². The van der Waals surface area contributed by atoms with Crippen molar-refractivity contribution in [1.29, 1.82) is 0 Å². The summed E-state index contributed by atoms with van der Waals surface area (Å²) in [6.45, 7) is 10.5. The molecule has 0 bridgehead atoms. The number of piperidine rings is 1. The molecular weight excluding hydrogens is 240 g/mol. The standard InChI is InChI=1S/C15H32N2O2/c1-3-4-11-19-13-10-17-8-5-15(6-9-17)14-16-7-12-18-2/h15-16H,3-14H2,1-2H3. The molecule has 19 heavy (non-hydrogen) atoms. The summed E-state index contributed by atoms with van der Waals surface area (Å²) in [5.41, 5.74) is 0. The van der Waals surface area contributed by atoms with Crippen LogP contribution in [0.2, 0.25) is 0 Å². The highest BCUT2D eigenvalue weighted by Gasteiger charge is 2.18. The summed E-state index contributed by atoms with van der Waals surface area (Å²) in [5.74, 6) is 0.842. The first-order valence-corrected chi connectivity index (χ1v) is 7.86. The van der Waals surface area contributed by atoms with Crippen LogP contribution in [0.4, 0.5) is 0 Å². The maximum Gasteiger partial charge on any atom is 0.0593 e. The van der Waals surface area contributed by atoms with Crippen LogP contribution in [0.25, 0.3) is 0 Å². The van der Waals surface area contributed by atoms with E-state index in [1.807, 2.05) is 0 Å². The van der Waals surface area contributed by atoms with E-state index in [0.717, 1.165) is 45.4 Å². The lowest BCUT2D eigenvalue weighted by Crippen LogP contribution is -2.39. The number of likely N-dealkylation sites (tertiary alicyclic amines) is 1. The monoisotopic (exact) mass is 272 g/mol. The first-order valence-electron chi connectivity index (χ1n) is 7.86. The molecule has 0 unspecified atom stereocenters. The highest BCUT2D eigenvalue weighted by atomic mass is 16.5. The maximum absolute atomic E-state index is 5.63. The van der Waals surface area contributed by atoms with Gasteiger partial charge in [-0.25, -0.2) is 0 Å². The highest BCUT2D eigenvalue weighted by molar-refractivity contribution is 4.73. The smallest absolute Gasteiger partial charge is 0.0593 e. The molecule has 0 aromatic carbocycles. The van der Waals surface area contributed by atoms with Gasteiger partial charge in [-0.05, 0) is 44.8 Å². The Morgan fingerprint density at radius 1 is 1.16 bits per heavy atom. The Hall–Kier alpha value is -0.160. The van der Waals surface area contributed by atoms with Gasteiger partial charge in [0.2, 0.25) is 0 Å². The molecule has 0 spiro atoms. The second-order valence-corrected chi connectivity index (χ2v) is 5.45. The number of ether oxygens (including phenoxy) is 2. The predicted octanol–water partition coefficient (Wildman–Crippen LogP) is 1.75. The Morgan fingerprint density at radius 2 is 1.95 bits per heavy atom. The minimum Gasteiger partial charge on any atom is -0.383 e. The van der Waals surface area contributed by atoms with Crippen molar-refractivity contribution in [2.45, 2.75) is 32.6 Å². The summed E-state index contributed by atoms with van der Waals surface area (Å²) in [5, 5.41) is 3.47. The van der Waals surface area contributed by atoms with Crippen molar-refractivity contribution in [2.24, 2.45) is 5.92 Å². The van der Waals surface area contributed by atoms with E-state index in [4.69, 9.17) is 9.47 Å². The lowest BCUT2D eigenvalue weighted by Gasteiger charge is -2.31.